The maximum atomic E-state index is 5.22. The van der Waals surface area contributed by atoms with Crippen LogP contribution in [0.1, 0.15) is 44.5 Å². The lowest BCUT2D eigenvalue weighted by molar-refractivity contribution is 0.768. The van der Waals surface area contributed by atoms with Gasteiger partial charge in [-0.15, -0.1) is 0 Å². The van der Waals surface area contributed by atoms with E-state index in [1.165, 1.54) is 89.0 Å². The molecule has 0 saturated heterocycles. The topological polar surface area (TPSA) is 38.7 Å². The number of hydrogen-bond donors (Lipinski definition) is 0. The standard InChI is InChI=1S/C65H41N3/c1-5-20-42(21-6-1)61-66-62(43-22-7-2-8-23-43)68-63(67-61)45-37-39-52-51-38-36-44(40-58(51)65(59(52)41-45)54-32-16-13-28-49(54)50-29-14-17-33-55(50)65)48-31-19-35-57-60(48)53-30-15-18-34-56(53)64(57,46-24-9-3-10-25-46)47-26-11-4-12-27-47/h1-41H. The van der Waals surface area contributed by atoms with Gasteiger partial charge in [-0.05, 0) is 101 Å². The van der Waals surface area contributed by atoms with Crippen molar-refractivity contribution in [3.63, 3.8) is 0 Å². The van der Waals surface area contributed by atoms with Gasteiger partial charge in [-0.1, -0.05) is 237 Å². The lowest BCUT2D eigenvalue weighted by Crippen LogP contribution is -2.28. The predicted octanol–water partition coefficient (Wildman–Crippen LogP) is 15.2. The second-order valence-corrected chi connectivity index (χ2v) is 18.2. The first kappa shape index (κ1) is 38.5. The van der Waals surface area contributed by atoms with Gasteiger partial charge in [0.1, 0.15) is 0 Å². The van der Waals surface area contributed by atoms with Crippen molar-refractivity contribution < 1.29 is 0 Å². The van der Waals surface area contributed by atoms with Crippen LogP contribution in [0.15, 0.2) is 249 Å². The second kappa shape index (κ2) is 14.9. The SMILES string of the molecule is c1ccc(-c2nc(-c3ccccc3)nc(-c3ccc4c(c3)C3(c5ccccc5-c5ccccc53)c3cc(-c5cccc6c5-c5ccccc5C6(c5ccccc5)c5ccccc5)ccc3-4)n2)cc1. The van der Waals surface area contributed by atoms with Crippen LogP contribution in [0.3, 0.4) is 0 Å². The Bertz CT molecular complexity index is 3640. The van der Waals surface area contributed by atoms with E-state index in [0.717, 1.165) is 16.7 Å². The minimum atomic E-state index is -0.602. The molecule has 3 heteroatoms. The van der Waals surface area contributed by atoms with Crippen molar-refractivity contribution in [1.82, 2.24) is 15.0 Å². The summed E-state index contributed by atoms with van der Waals surface area (Å²) in [5.41, 5.74) is 21.9. The zero-order valence-corrected chi connectivity index (χ0v) is 37.0. The molecule has 3 nitrogen and oxygen atoms in total. The third kappa shape index (κ3) is 5.33. The van der Waals surface area contributed by atoms with Gasteiger partial charge < -0.3 is 0 Å². The monoisotopic (exact) mass is 863 g/mol. The van der Waals surface area contributed by atoms with Crippen molar-refractivity contribution in [1.29, 1.82) is 0 Å². The molecule has 0 radical (unpaired) electrons. The Morgan fingerprint density at radius 2 is 0.588 bits per heavy atom. The molecule has 1 aromatic heterocycles. The number of hydrogen-bond acceptors (Lipinski definition) is 3. The molecule has 0 N–H and O–H groups in total. The Morgan fingerprint density at radius 3 is 1.12 bits per heavy atom. The molecule has 11 aromatic rings. The number of aromatic nitrogens is 3. The van der Waals surface area contributed by atoms with E-state index in [-0.39, 0.29) is 0 Å². The summed E-state index contributed by atoms with van der Waals surface area (Å²) < 4.78 is 0. The molecule has 14 rings (SSSR count). The molecule has 10 aromatic carbocycles. The zero-order valence-electron chi connectivity index (χ0n) is 37.0. The first-order valence-electron chi connectivity index (χ1n) is 23.4. The fraction of sp³-hybridized carbons (Fsp3) is 0.0308. The van der Waals surface area contributed by atoms with Gasteiger partial charge >= 0.3 is 0 Å². The van der Waals surface area contributed by atoms with Crippen molar-refractivity contribution >= 4 is 0 Å². The average molecular weight is 864 g/mol. The quantitative estimate of drug-likeness (QED) is 0.167. The first-order chi connectivity index (χ1) is 33.7. The fourth-order valence-electron chi connectivity index (χ4n) is 12.1. The summed E-state index contributed by atoms with van der Waals surface area (Å²) in [6.45, 7) is 0. The highest BCUT2D eigenvalue weighted by molar-refractivity contribution is 5.99. The highest BCUT2D eigenvalue weighted by atomic mass is 15.0. The Hall–Kier alpha value is -8.79. The van der Waals surface area contributed by atoms with E-state index >= 15 is 0 Å². The molecule has 0 unspecified atom stereocenters. The van der Waals surface area contributed by atoms with Crippen LogP contribution in [0.4, 0.5) is 0 Å². The molecule has 0 fully saturated rings. The van der Waals surface area contributed by atoms with Crippen LogP contribution >= 0.6 is 0 Å². The largest absolute Gasteiger partial charge is 0.208 e. The van der Waals surface area contributed by atoms with Gasteiger partial charge in [0.2, 0.25) is 0 Å². The molecule has 0 aliphatic heterocycles. The first-order valence-corrected chi connectivity index (χ1v) is 23.4. The Morgan fingerprint density at radius 1 is 0.221 bits per heavy atom. The van der Waals surface area contributed by atoms with Crippen LogP contribution in [0, 0.1) is 0 Å². The van der Waals surface area contributed by atoms with Crippen LogP contribution in [-0.4, -0.2) is 15.0 Å². The van der Waals surface area contributed by atoms with Crippen molar-refractivity contribution in [2.45, 2.75) is 10.8 Å². The summed E-state index contributed by atoms with van der Waals surface area (Å²) >= 11 is 0. The van der Waals surface area contributed by atoms with E-state index in [1.807, 2.05) is 36.4 Å². The van der Waals surface area contributed by atoms with Crippen LogP contribution < -0.4 is 0 Å². The number of benzene rings is 10. The van der Waals surface area contributed by atoms with Crippen LogP contribution in [0.5, 0.6) is 0 Å². The normalized spacial score (nSPS) is 13.8. The van der Waals surface area contributed by atoms with Crippen molar-refractivity contribution in [3.8, 4) is 78.7 Å². The molecule has 68 heavy (non-hydrogen) atoms. The molecule has 3 aliphatic carbocycles. The van der Waals surface area contributed by atoms with Crippen molar-refractivity contribution in [3.05, 3.63) is 293 Å². The minimum Gasteiger partial charge on any atom is -0.208 e. The Balaban J connectivity index is 1.02. The molecule has 0 atom stereocenters. The zero-order chi connectivity index (χ0) is 44.8. The van der Waals surface area contributed by atoms with Gasteiger partial charge in [-0.3, -0.25) is 0 Å². The average Bonchev–Trinajstić information content (AvgIpc) is 4.01. The molecule has 316 valence electrons. The van der Waals surface area contributed by atoms with Gasteiger partial charge in [0, 0.05) is 16.7 Å². The predicted molar refractivity (Wildman–Crippen MR) is 275 cm³/mol. The summed E-state index contributed by atoms with van der Waals surface area (Å²) in [6.07, 6.45) is 0. The van der Waals surface area contributed by atoms with Crippen molar-refractivity contribution in [2.24, 2.45) is 0 Å². The molecule has 0 amide bonds. The van der Waals surface area contributed by atoms with Crippen molar-refractivity contribution in [2.75, 3.05) is 0 Å². The second-order valence-electron chi connectivity index (χ2n) is 18.2. The van der Waals surface area contributed by atoms with Crippen LogP contribution in [0.25, 0.3) is 78.7 Å². The molecule has 0 saturated carbocycles. The van der Waals surface area contributed by atoms with E-state index in [2.05, 4.69) is 212 Å². The summed E-state index contributed by atoms with van der Waals surface area (Å²) in [6, 6.07) is 90.8. The molecule has 1 heterocycles. The van der Waals surface area contributed by atoms with Gasteiger partial charge in [0.25, 0.3) is 0 Å². The number of rotatable bonds is 6. The third-order valence-electron chi connectivity index (χ3n) is 14.8. The molecule has 3 aliphatic rings. The van der Waals surface area contributed by atoms with E-state index in [1.54, 1.807) is 0 Å². The number of fused-ring (bicyclic) bond motifs is 13. The van der Waals surface area contributed by atoms with E-state index in [0.29, 0.717) is 17.5 Å². The molecule has 0 bridgehead atoms. The highest BCUT2D eigenvalue weighted by Crippen LogP contribution is 2.64. The van der Waals surface area contributed by atoms with Gasteiger partial charge in [0.15, 0.2) is 17.5 Å². The van der Waals surface area contributed by atoms with Crippen LogP contribution in [-0.2, 0) is 10.8 Å². The smallest absolute Gasteiger partial charge is 0.164 e. The third-order valence-corrected chi connectivity index (χ3v) is 14.8. The minimum absolute atomic E-state index is 0.492. The Labute approximate surface area is 395 Å². The molecular formula is C65H41N3. The summed E-state index contributed by atoms with van der Waals surface area (Å²) in [4.78, 5) is 15.5. The fourth-order valence-corrected chi connectivity index (χ4v) is 12.1. The van der Waals surface area contributed by atoms with E-state index < -0.39 is 10.8 Å². The van der Waals surface area contributed by atoms with Gasteiger partial charge in [-0.2, -0.15) is 0 Å². The highest BCUT2D eigenvalue weighted by Gasteiger charge is 2.52. The van der Waals surface area contributed by atoms with E-state index in [9.17, 15) is 0 Å². The van der Waals surface area contributed by atoms with Gasteiger partial charge in [0.05, 0.1) is 10.8 Å². The molecular weight excluding hydrogens is 823 g/mol. The van der Waals surface area contributed by atoms with E-state index in [4.69, 9.17) is 15.0 Å². The van der Waals surface area contributed by atoms with Crippen LogP contribution in [0.2, 0.25) is 0 Å². The number of nitrogens with zero attached hydrogens (tertiary/aromatic N) is 3. The lowest BCUT2D eigenvalue weighted by Gasteiger charge is -2.34. The lowest BCUT2D eigenvalue weighted by atomic mass is 9.67. The summed E-state index contributed by atoms with van der Waals surface area (Å²) in [7, 11) is 0. The maximum absolute atomic E-state index is 5.22. The summed E-state index contributed by atoms with van der Waals surface area (Å²) in [5, 5.41) is 0. The van der Waals surface area contributed by atoms with Gasteiger partial charge in [-0.25, -0.2) is 15.0 Å². The Kier molecular flexibility index (Phi) is 8.41. The molecule has 1 spiro atoms. The maximum Gasteiger partial charge on any atom is 0.164 e. The summed E-state index contributed by atoms with van der Waals surface area (Å²) in [5.74, 6) is 1.94.